The number of hydrogen-bond donors (Lipinski definition) is 2. The fraction of sp³-hybridized carbons (Fsp3) is 0.714. The minimum absolute atomic E-state index is 0.140. The minimum atomic E-state index is -0.665. The van der Waals surface area contributed by atoms with E-state index in [-0.39, 0.29) is 5.92 Å². The standard InChI is InChI=1S/C6H11NO2.CH2O/c8-6(9)5-2-1-3-7-4-5;1-2/h5,7H,1-4H2,(H,8,9);1H2. The molecule has 0 bridgehead atoms. The average Bonchev–Trinajstić information content (AvgIpc) is 2.10. The van der Waals surface area contributed by atoms with Gasteiger partial charge in [-0.25, -0.2) is 0 Å². The predicted octanol–water partition coefficient (Wildman–Crippen LogP) is -0.114. The number of carbonyl (C=O) groups is 2. The zero-order chi connectivity index (χ0) is 8.69. The van der Waals surface area contributed by atoms with Crippen LogP contribution in [0.5, 0.6) is 0 Å². The second-order valence-corrected chi connectivity index (χ2v) is 2.38. The smallest absolute Gasteiger partial charge is 0.307 e. The van der Waals surface area contributed by atoms with Crippen LogP contribution >= 0.6 is 0 Å². The van der Waals surface area contributed by atoms with Gasteiger partial charge in [-0.1, -0.05) is 0 Å². The van der Waals surface area contributed by atoms with Gasteiger partial charge in [0.1, 0.15) is 6.79 Å². The summed E-state index contributed by atoms with van der Waals surface area (Å²) >= 11 is 0. The Bertz CT molecular complexity index is 121. The van der Waals surface area contributed by atoms with E-state index >= 15 is 0 Å². The summed E-state index contributed by atoms with van der Waals surface area (Å²) in [4.78, 5) is 18.3. The van der Waals surface area contributed by atoms with Crippen molar-refractivity contribution < 1.29 is 14.7 Å². The van der Waals surface area contributed by atoms with Crippen LogP contribution in [0.1, 0.15) is 12.8 Å². The van der Waals surface area contributed by atoms with Gasteiger partial charge in [0.05, 0.1) is 5.92 Å². The Morgan fingerprint density at radius 3 is 2.45 bits per heavy atom. The van der Waals surface area contributed by atoms with Crippen LogP contribution in [0.3, 0.4) is 0 Å². The molecule has 1 aliphatic rings. The number of hydrogen-bond acceptors (Lipinski definition) is 3. The van der Waals surface area contributed by atoms with Crippen LogP contribution in [0.25, 0.3) is 0 Å². The fourth-order valence-electron chi connectivity index (χ4n) is 1.06. The van der Waals surface area contributed by atoms with Crippen molar-refractivity contribution in [2.45, 2.75) is 12.8 Å². The highest BCUT2D eigenvalue weighted by Gasteiger charge is 2.18. The molecule has 0 aromatic rings. The molecule has 1 rings (SSSR count). The summed E-state index contributed by atoms with van der Waals surface area (Å²) in [6.07, 6.45) is 1.83. The molecule has 1 fully saturated rings. The molecule has 1 saturated heterocycles. The maximum Gasteiger partial charge on any atom is 0.307 e. The molecular formula is C7H13NO3. The van der Waals surface area contributed by atoms with Gasteiger partial charge in [-0.3, -0.25) is 4.79 Å². The molecule has 0 radical (unpaired) electrons. The summed E-state index contributed by atoms with van der Waals surface area (Å²) in [5, 5.41) is 11.5. The number of piperidine rings is 1. The highest BCUT2D eigenvalue weighted by molar-refractivity contribution is 5.70. The maximum atomic E-state index is 10.3. The van der Waals surface area contributed by atoms with Crippen LogP contribution in [-0.2, 0) is 9.59 Å². The predicted molar refractivity (Wildman–Crippen MR) is 40.4 cm³/mol. The molecule has 0 saturated carbocycles. The second-order valence-electron chi connectivity index (χ2n) is 2.38. The summed E-state index contributed by atoms with van der Waals surface area (Å²) in [6, 6.07) is 0. The van der Waals surface area contributed by atoms with E-state index in [9.17, 15) is 4.79 Å². The van der Waals surface area contributed by atoms with E-state index < -0.39 is 5.97 Å². The Labute approximate surface area is 65.6 Å². The highest BCUT2D eigenvalue weighted by atomic mass is 16.4. The molecule has 0 spiro atoms. The number of carboxylic acid groups (broad SMARTS) is 1. The molecule has 11 heavy (non-hydrogen) atoms. The van der Waals surface area contributed by atoms with Crippen molar-refractivity contribution in [3.63, 3.8) is 0 Å². The summed E-state index contributed by atoms with van der Waals surface area (Å²) in [5.41, 5.74) is 0. The van der Waals surface area contributed by atoms with E-state index in [1.807, 2.05) is 6.79 Å². The van der Waals surface area contributed by atoms with Crippen molar-refractivity contribution >= 4 is 12.8 Å². The van der Waals surface area contributed by atoms with Gasteiger partial charge in [0.2, 0.25) is 0 Å². The molecule has 4 nitrogen and oxygen atoms in total. The van der Waals surface area contributed by atoms with Gasteiger partial charge in [-0.15, -0.1) is 0 Å². The lowest BCUT2D eigenvalue weighted by Gasteiger charge is -2.18. The SMILES string of the molecule is C=O.O=C(O)C1CCCNC1. The second kappa shape index (κ2) is 5.85. The summed E-state index contributed by atoms with van der Waals surface area (Å²) in [6.45, 7) is 3.62. The molecule has 2 N–H and O–H groups in total. The largest absolute Gasteiger partial charge is 0.481 e. The first kappa shape index (κ1) is 10.1. The third-order valence-electron chi connectivity index (χ3n) is 1.65. The van der Waals surface area contributed by atoms with Gasteiger partial charge in [-0.2, -0.15) is 0 Å². The number of aliphatic carboxylic acids is 1. The minimum Gasteiger partial charge on any atom is -0.481 e. The third kappa shape index (κ3) is 3.72. The lowest BCUT2D eigenvalue weighted by Crippen LogP contribution is -2.34. The van der Waals surface area contributed by atoms with E-state index in [4.69, 9.17) is 9.90 Å². The van der Waals surface area contributed by atoms with Gasteiger partial charge in [-0.05, 0) is 19.4 Å². The Hall–Kier alpha value is -0.900. The first-order valence-electron chi connectivity index (χ1n) is 3.53. The van der Waals surface area contributed by atoms with Crippen molar-refractivity contribution in [2.75, 3.05) is 13.1 Å². The third-order valence-corrected chi connectivity index (χ3v) is 1.65. The van der Waals surface area contributed by atoms with Crippen molar-refractivity contribution in [2.24, 2.45) is 5.92 Å². The number of carboxylic acids is 1. The molecule has 1 atom stereocenters. The average molecular weight is 159 g/mol. The van der Waals surface area contributed by atoms with Crippen LogP contribution < -0.4 is 5.32 Å². The van der Waals surface area contributed by atoms with Crippen LogP contribution in [0, 0.1) is 5.92 Å². The molecule has 0 aromatic heterocycles. The van der Waals surface area contributed by atoms with Crippen LogP contribution in [0.15, 0.2) is 0 Å². The maximum absolute atomic E-state index is 10.3. The summed E-state index contributed by atoms with van der Waals surface area (Å²) in [5.74, 6) is -0.805. The summed E-state index contributed by atoms with van der Waals surface area (Å²) < 4.78 is 0. The molecule has 0 aromatic carbocycles. The Kier molecular flexibility index (Phi) is 5.37. The molecule has 0 aliphatic carbocycles. The number of nitrogens with one attached hydrogen (secondary N) is 1. The topological polar surface area (TPSA) is 66.4 Å². The van der Waals surface area contributed by atoms with Crippen molar-refractivity contribution in [3.05, 3.63) is 0 Å². The Balaban J connectivity index is 0.000000461. The van der Waals surface area contributed by atoms with Crippen molar-refractivity contribution in [1.29, 1.82) is 0 Å². The van der Waals surface area contributed by atoms with Crippen LogP contribution in [-0.4, -0.2) is 31.0 Å². The van der Waals surface area contributed by atoms with Gasteiger partial charge in [0.25, 0.3) is 0 Å². The molecule has 1 heterocycles. The quantitative estimate of drug-likeness (QED) is 0.560. The summed E-state index contributed by atoms with van der Waals surface area (Å²) in [7, 11) is 0. The monoisotopic (exact) mass is 159 g/mol. The molecular weight excluding hydrogens is 146 g/mol. The van der Waals surface area contributed by atoms with E-state index in [0.717, 1.165) is 19.4 Å². The van der Waals surface area contributed by atoms with E-state index in [1.54, 1.807) is 0 Å². The highest BCUT2D eigenvalue weighted by Crippen LogP contribution is 2.08. The van der Waals surface area contributed by atoms with Crippen LogP contribution in [0.4, 0.5) is 0 Å². The first-order chi connectivity index (χ1) is 5.30. The van der Waals surface area contributed by atoms with Gasteiger partial charge in [0.15, 0.2) is 0 Å². The van der Waals surface area contributed by atoms with Crippen LogP contribution in [0.2, 0.25) is 0 Å². The number of carbonyl (C=O) groups excluding carboxylic acids is 1. The molecule has 1 unspecified atom stereocenters. The Morgan fingerprint density at radius 2 is 2.18 bits per heavy atom. The molecule has 64 valence electrons. The van der Waals surface area contributed by atoms with Crippen molar-refractivity contribution in [1.82, 2.24) is 5.32 Å². The fourth-order valence-corrected chi connectivity index (χ4v) is 1.06. The normalized spacial score (nSPS) is 23.1. The van der Waals surface area contributed by atoms with E-state index in [1.165, 1.54) is 0 Å². The Morgan fingerprint density at radius 1 is 1.55 bits per heavy atom. The number of rotatable bonds is 1. The lowest BCUT2D eigenvalue weighted by atomic mass is 10.0. The van der Waals surface area contributed by atoms with E-state index in [0.29, 0.717) is 6.54 Å². The molecule has 1 aliphatic heterocycles. The van der Waals surface area contributed by atoms with Gasteiger partial charge in [0, 0.05) is 6.54 Å². The molecule has 4 heteroatoms. The van der Waals surface area contributed by atoms with Crippen molar-refractivity contribution in [3.8, 4) is 0 Å². The zero-order valence-electron chi connectivity index (χ0n) is 6.38. The van der Waals surface area contributed by atoms with Gasteiger partial charge >= 0.3 is 5.97 Å². The van der Waals surface area contributed by atoms with E-state index in [2.05, 4.69) is 5.32 Å². The zero-order valence-corrected chi connectivity index (χ0v) is 6.38. The molecule has 0 amide bonds. The van der Waals surface area contributed by atoms with Gasteiger partial charge < -0.3 is 15.2 Å². The lowest BCUT2D eigenvalue weighted by molar-refractivity contribution is -0.142. The first-order valence-corrected chi connectivity index (χ1v) is 3.53.